The molecule has 0 unspecified atom stereocenters. The molecule has 13 heavy (non-hydrogen) atoms. The summed E-state index contributed by atoms with van der Waals surface area (Å²) in [7, 11) is 0. The van der Waals surface area contributed by atoms with Crippen molar-refractivity contribution in [1.82, 2.24) is 0 Å². The predicted octanol–water partition coefficient (Wildman–Crippen LogP) is 2.96. The second-order valence-electron chi connectivity index (χ2n) is 4.95. The number of hydrogen-bond acceptors (Lipinski definition) is 1. The van der Waals surface area contributed by atoms with Crippen LogP contribution in [0.5, 0.6) is 0 Å². The summed E-state index contributed by atoms with van der Waals surface area (Å²) in [5.41, 5.74) is 1.45. The van der Waals surface area contributed by atoms with Crippen molar-refractivity contribution in [3.63, 3.8) is 0 Å². The van der Waals surface area contributed by atoms with Crippen LogP contribution >= 0.6 is 0 Å². The van der Waals surface area contributed by atoms with Crippen LogP contribution < -0.4 is 0 Å². The fraction of sp³-hybridized carbons (Fsp3) is 0.750. The third-order valence-corrected chi connectivity index (χ3v) is 4.22. The number of Topliss-reactive ketones (excluding diaryl/α,β-unsaturated/α-hetero) is 1. The van der Waals surface area contributed by atoms with E-state index in [2.05, 4.69) is 26.8 Å². The quantitative estimate of drug-likeness (QED) is 0.521. The van der Waals surface area contributed by atoms with E-state index in [1.165, 1.54) is 5.57 Å². The van der Waals surface area contributed by atoms with Gasteiger partial charge in [0.1, 0.15) is 5.78 Å². The Kier molecular flexibility index (Phi) is 1.86. The molecule has 72 valence electrons. The summed E-state index contributed by atoms with van der Waals surface area (Å²) in [6, 6.07) is 0. The summed E-state index contributed by atoms with van der Waals surface area (Å²) in [5, 5.41) is 0. The smallest absolute Gasteiger partial charge is 0.139 e. The van der Waals surface area contributed by atoms with Crippen LogP contribution in [-0.4, -0.2) is 5.78 Å². The van der Waals surface area contributed by atoms with Crippen LogP contribution in [0.15, 0.2) is 11.6 Å². The molecule has 2 rings (SSSR count). The van der Waals surface area contributed by atoms with Crippen molar-refractivity contribution in [2.45, 2.75) is 40.0 Å². The van der Waals surface area contributed by atoms with E-state index >= 15 is 0 Å². The Morgan fingerprint density at radius 3 is 2.92 bits per heavy atom. The molecule has 0 saturated heterocycles. The van der Waals surface area contributed by atoms with Crippen LogP contribution in [0, 0.1) is 17.3 Å². The molecule has 1 heteroatoms. The van der Waals surface area contributed by atoms with Gasteiger partial charge < -0.3 is 0 Å². The minimum Gasteiger partial charge on any atom is -0.299 e. The van der Waals surface area contributed by atoms with Gasteiger partial charge in [0.05, 0.1) is 0 Å². The lowest BCUT2D eigenvalue weighted by molar-refractivity contribution is -0.128. The normalized spacial score (nSPS) is 44.5. The molecular weight excluding hydrogens is 160 g/mol. The van der Waals surface area contributed by atoms with Crippen molar-refractivity contribution in [3.05, 3.63) is 11.6 Å². The molecule has 0 aromatic heterocycles. The highest BCUT2D eigenvalue weighted by atomic mass is 16.1. The van der Waals surface area contributed by atoms with Crippen molar-refractivity contribution in [1.29, 1.82) is 0 Å². The molecule has 1 nitrogen and oxygen atoms in total. The lowest BCUT2D eigenvalue weighted by atomic mass is 9.64. The number of carbonyl (C=O) groups is 1. The molecule has 0 spiro atoms. The number of carbonyl (C=O) groups excluding carboxylic acids is 1. The summed E-state index contributed by atoms with van der Waals surface area (Å²) < 4.78 is 0. The van der Waals surface area contributed by atoms with E-state index < -0.39 is 0 Å². The zero-order valence-electron chi connectivity index (χ0n) is 8.76. The Labute approximate surface area is 80.2 Å². The third kappa shape index (κ3) is 1.09. The van der Waals surface area contributed by atoms with Gasteiger partial charge in [0.25, 0.3) is 0 Å². The Morgan fingerprint density at radius 1 is 1.54 bits per heavy atom. The second-order valence-corrected chi connectivity index (χ2v) is 4.95. The number of hydrogen-bond donors (Lipinski definition) is 0. The molecule has 1 saturated carbocycles. The number of rotatable bonds is 0. The van der Waals surface area contributed by atoms with Gasteiger partial charge in [-0.05, 0) is 31.6 Å². The molecule has 0 heterocycles. The van der Waals surface area contributed by atoms with Crippen LogP contribution in [0.3, 0.4) is 0 Å². The molecule has 0 radical (unpaired) electrons. The average molecular weight is 178 g/mol. The van der Waals surface area contributed by atoms with Gasteiger partial charge in [-0.15, -0.1) is 0 Å². The van der Waals surface area contributed by atoms with E-state index in [1.807, 2.05) is 0 Å². The monoisotopic (exact) mass is 178 g/mol. The molecule has 2 aliphatic rings. The maximum Gasteiger partial charge on any atom is 0.139 e. The minimum atomic E-state index is -0.0283. The first-order valence-electron chi connectivity index (χ1n) is 5.25. The average Bonchev–Trinajstić information content (AvgIpc) is 2.33. The van der Waals surface area contributed by atoms with Crippen LogP contribution in [-0.2, 0) is 4.79 Å². The first kappa shape index (κ1) is 8.98. The Balaban J connectivity index is 2.39. The first-order chi connectivity index (χ1) is 6.05. The lowest BCUT2D eigenvalue weighted by Gasteiger charge is -2.38. The highest BCUT2D eigenvalue weighted by Crippen LogP contribution is 2.51. The van der Waals surface area contributed by atoms with Crippen LogP contribution in [0.1, 0.15) is 40.0 Å². The van der Waals surface area contributed by atoms with Gasteiger partial charge in [-0.25, -0.2) is 0 Å². The van der Waals surface area contributed by atoms with Gasteiger partial charge in [0.2, 0.25) is 0 Å². The van der Waals surface area contributed by atoms with E-state index in [4.69, 9.17) is 0 Å². The number of allylic oxidation sites excluding steroid dienone is 2. The highest BCUT2D eigenvalue weighted by molar-refractivity contribution is 5.87. The summed E-state index contributed by atoms with van der Waals surface area (Å²) in [5.74, 6) is 1.56. The largest absolute Gasteiger partial charge is 0.299 e. The zero-order valence-corrected chi connectivity index (χ0v) is 8.76. The number of fused-ring (bicyclic) bond motifs is 1. The van der Waals surface area contributed by atoms with Crippen LogP contribution in [0.25, 0.3) is 0 Å². The van der Waals surface area contributed by atoms with Gasteiger partial charge in [-0.2, -0.15) is 0 Å². The van der Waals surface area contributed by atoms with Crippen LogP contribution in [0.2, 0.25) is 0 Å². The molecule has 0 aromatic rings. The maximum absolute atomic E-state index is 11.8. The second kappa shape index (κ2) is 2.70. The van der Waals surface area contributed by atoms with Crippen molar-refractivity contribution < 1.29 is 4.79 Å². The standard InChI is InChI=1S/C12H18O/c1-8-6-9(2)12(3)10(7-8)4-5-11(12)13/h6,9-10H,4-5,7H2,1-3H3/t9-,10+,12-/m1/s1. The molecule has 0 N–H and O–H groups in total. The molecule has 1 fully saturated rings. The van der Waals surface area contributed by atoms with E-state index in [-0.39, 0.29) is 5.41 Å². The van der Waals surface area contributed by atoms with Gasteiger partial charge in [-0.3, -0.25) is 4.79 Å². The summed E-state index contributed by atoms with van der Waals surface area (Å²) in [6.45, 7) is 6.55. The van der Waals surface area contributed by atoms with E-state index in [0.717, 1.165) is 19.3 Å². The molecule has 0 aliphatic heterocycles. The summed E-state index contributed by atoms with van der Waals surface area (Å²) in [6.07, 6.45) is 5.36. The topological polar surface area (TPSA) is 17.1 Å². The fourth-order valence-electron chi connectivity index (χ4n) is 3.10. The Morgan fingerprint density at radius 2 is 2.23 bits per heavy atom. The highest BCUT2D eigenvalue weighted by Gasteiger charge is 2.50. The van der Waals surface area contributed by atoms with Crippen molar-refractivity contribution in [2.75, 3.05) is 0 Å². The first-order valence-corrected chi connectivity index (χ1v) is 5.25. The van der Waals surface area contributed by atoms with E-state index in [0.29, 0.717) is 17.6 Å². The molecule has 0 bridgehead atoms. The van der Waals surface area contributed by atoms with Gasteiger partial charge in [0.15, 0.2) is 0 Å². The van der Waals surface area contributed by atoms with Gasteiger partial charge >= 0.3 is 0 Å². The fourth-order valence-corrected chi connectivity index (χ4v) is 3.10. The number of ketones is 1. The third-order valence-electron chi connectivity index (χ3n) is 4.22. The Hall–Kier alpha value is -0.590. The van der Waals surface area contributed by atoms with Gasteiger partial charge in [-0.1, -0.05) is 25.5 Å². The molecule has 3 atom stereocenters. The van der Waals surface area contributed by atoms with Gasteiger partial charge in [0, 0.05) is 11.8 Å². The molecular formula is C12H18O. The molecule has 0 aromatic carbocycles. The van der Waals surface area contributed by atoms with E-state index in [1.54, 1.807) is 0 Å². The van der Waals surface area contributed by atoms with E-state index in [9.17, 15) is 4.79 Å². The summed E-state index contributed by atoms with van der Waals surface area (Å²) in [4.78, 5) is 11.8. The van der Waals surface area contributed by atoms with Crippen molar-refractivity contribution in [2.24, 2.45) is 17.3 Å². The maximum atomic E-state index is 11.8. The predicted molar refractivity (Wildman–Crippen MR) is 53.4 cm³/mol. The molecule has 2 aliphatic carbocycles. The zero-order chi connectivity index (χ0) is 9.64. The molecule has 0 amide bonds. The lowest BCUT2D eigenvalue weighted by Crippen LogP contribution is -2.37. The Bertz CT molecular complexity index is 277. The van der Waals surface area contributed by atoms with Crippen molar-refractivity contribution in [3.8, 4) is 0 Å². The SMILES string of the molecule is CC1=C[C@@H](C)[C@@]2(C)C(=O)CC[C@H]2C1. The van der Waals surface area contributed by atoms with Crippen LogP contribution in [0.4, 0.5) is 0 Å². The van der Waals surface area contributed by atoms with Crippen molar-refractivity contribution >= 4 is 5.78 Å². The summed E-state index contributed by atoms with van der Waals surface area (Å²) >= 11 is 0. The minimum absolute atomic E-state index is 0.0283.